The summed E-state index contributed by atoms with van der Waals surface area (Å²) >= 11 is 0. The summed E-state index contributed by atoms with van der Waals surface area (Å²) in [4.78, 5) is 32.6. The second kappa shape index (κ2) is 7.49. The molecule has 1 unspecified atom stereocenters. The normalized spacial score (nSPS) is 11.6. The van der Waals surface area contributed by atoms with Crippen LogP contribution < -0.4 is 10.6 Å². The van der Waals surface area contributed by atoms with Crippen LogP contribution in [0.5, 0.6) is 0 Å². The smallest absolute Gasteiger partial charge is 0.273 e. The topological polar surface area (TPSA) is 84.0 Å². The summed E-state index contributed by atoms with van der Waals surface area (Å²) in [5.74, 6) is -0.534. The summed E-state index contributed by atoms with van der Waals surface area (Å²) in [6.45, 7) is 5.82. The van der Waals surface area contributed by atoms with Crippen LogP contribution in [0.3, 0.4) is 0 Å². The summed E-state index contributed by atoms with van der Waals surface area (Å²) in [5.41, 5.74) is 1.66. The molecule has 23 heavy (non-hydrogen) atoms. The molecule has 1 heterocycles. The summed E-state index contributed by atoms with van der Waals surface area (Å²) < 4.78 is 0. The van der Waals surface area contributed by atoms with Gasteiger partial charge in [0.25, 0.3) is 11.8 Å². The molecule has 0 aliphatic heterocycles. The highest BCUT2D eigenvalue weighted by Gasteiger charge is 2.18. The number of nitrogens with one attached hydrogen (secondary N) is 2. The van der Waals surface area contributed by atoms with E-state index in [1.54, 1.807) is 12.1 Å². The van der Waals surface area contributed by atoms with Crippen molar-refractivity contribution in [2.45, 2.75) is 33.2 Å². The summed E-state index contributed by atoms with van der Waals surface area (Å²) in [6, 6.07) is 7.16. The Morgan fingerprint density at radius 3 is 2.39 bits per heavy atom. The molecule has 6 heteroatoms. The summed E-state index contributed by atoms with van der Waals surface area (Å²) in [5, 5.41) is 5.46. The Morgan fingerprint density at radius 1 is 1.09 bits per heavy atom. The zero-order valence-corrected chi connectivity index (χ0v) is 13.5. The molecule has 1 aromatic carbocycles. The number of benzene rings is 1. The molecule has 0 saturated heterocycles. The Labute approximate surface area is 135 Å². The van der Waals surface area contributed by atoms with E-state index in [1.165, 1.54) is 12.4 Å². The highest BCUT2D eigenvalue weighted by molar-refractivity contribution is 6.07. The molecule has 2 amide bonds. The molecule has 2 rings (SSSR count). The van der Waals surface area contributed by atoms with Crippen LogP contribution in [0, 0.1) is 6.92 Å². The van der Waals surface area contributed by atoms with Crippen LogP contribution in [0.4, 0.5) is 5.82 Å². The van der Waals surface area contributed by atoms with Crippen LogP contribution in [-0.4, -0.2) is 27.8 Å². The highest BCUT2D eigenvalue weighted by atomic mass is 16.2. The van der Waals surface area contributed by atoms with Gasteiger partial charge in [-0.2, -0.15) is 0 Å². The average Bonchev–Trinajstić information content (AvgIpc) is 2.55. The Kier molecular flexibility index (Phi) is 5.41. The van der Waals surface area contributed by atoms with Gasteiger partial charge < -0.3 is 10.6 Å². The van der Waals surface area contributed by atoms with Crippen molar-refractivity contribution >= 4 is 17.6 Å². The van der Waals surface area contributed by atoms with Gasteiger partial charge in [0.1, 0.15) is 0 Å². The van der Waals surface area contributed by atoms with Gasteiger partial charge >= 0.3 is 0 Å². The minimum Gasteiger partial charge on any atom is -0.348 e. The number of amides is 2. The highest BCUT2D eigenvalue weighted by Crippen LogP contribution is 2.12. The number of carbonyl (C=O) groups excluding carboxylic acids is 2. The number of aryl methyl sites for hydroxylation is 1. The van der Waals surface area contributed by atoms with Crippen molar-refractivity contribution in [2.75, 3.05) is 5.32 Å². The second-order valence-corrected chi connectivity index (χ2v) is 5.36. The predicted molar refractivity (Wildman–Crippen MR) is 88.4 cm³/mol. The molecule has 1 aromatic heterocycles. The molecule has 2 aromatic rings. The lowest BCUT2D eigenvalue weighted by Crippen LogP contribution is -2.33. The Bertz CT molecular complexity index is 698. The van der Waals surface area contributed by atoms with Gasteiger partial charge in [0.15, 0.2) is 11.5 Å². The van der Waals surface area contributed by atoms with E-state index in [1.807, 2.05) is 32.9 Å². The van der Waals surface area contributed by atoms with Gasteiger partial charge in [-0.05, 0) is 32.4 Å². The molecule has 0 bridgehead atoms. The van der Waals surface area contributed by atoms with Gasteiger partial charge in [-0.15, -0.1) is 0 Å². The summed E-state index contributed by atoms with van der Waals surface area (Å²) in [6.07, 6.45) is 3.66. The SMILES string of the molecule is CCC(C)NC(=O)c1nccnc1NC(=O)c1ccc(C)cc1. The van der Waals surface area contributed by atoms with Crippen molar-refractivity contribution in [2.24, 2.45) is 0 Å². The molecule has 0 spiro atoms. The largest absolute Gasteiger partial charge is 0.348 e. The number of anilines is 1. The fourth-order valence-electron chi connectivity index (χ4n) is 1.87. The van der Waals surface area contributed by atoms with E-state index in [4.69, 9.17) is 0 Å². The van der Waals surface area contributed by atoms with E-state index in [0.717, 1.165) is 12.0 Å². The van der Waals surface area contributed by atoms with Gasteiger partial charge in [0, 0.05) is 24.0 Å². The third-order valence-corrected chi connectivity index (χ3v) is 3.45. The maximum Gasteiger partial charge on any atom is 0.273 e. The fraction of sp³-hybridized carbons (Fsp3) is 0.294. The van der Waals surface area contributed by atoms with E-state index in [9.17, 15) is 9.59 Å². The molecule has 120 valence electrons. The lowest BCUT2D eigenvalue weighted by atomic mass is 10.1. The van der Waals surface area contributed by atoms with E-state index in [-0.39, 0.29) is 29.4 Å². The van der Waals surface area contributed by atoms with Crippen LogP contribution >= 0.6 is 0 Å². The van der Waals surface area contributed by atoms with Crippen molar-refractivity contribution in [3.05, 3.63) is 53.5 Å². The quantitative estimate of drug-likeness (QED) is 0.888. The van der Waals surface area contributed by atoms with Crippen LogP contribution in [-0.2, 0) is 0 Å². The first-order chi connectivity index (χ1) is 11.0. The molecule has 0 radical (unpaired) electrons. The Morgan fingerprint density at radius 2 is 1.74 bits per heavy atom. The predicted octanol–water partition coefficient (Wildman–Crippen LogP) is 2.57. The van der Waals surface area contributed by atoms with Gasteiger partial charge in [-0.25, -0.2) is 9.97 Å². The van der Waals surface area contributed by atoms with Crippen LogP contribution in [0.1, 0.15) is 46.7 Å². The fourth-order valence-corrected chi connectivity index (χ4v) is 1.87. The minimum absolute atomic E-state index is 0.0187. The van der Waals surface area contributed by atoms with Crippen LogP contribution in [0.15, 0.2) is 36.7 Å². The zero-order valence-electron chi connectivity index (χ0n) is 13.5. The molecule has 1 atom stereocenters. The van der Waals surface area contributed by atoms with Gasteiger partial charge in [-0.3, -0.25) is 9.59 Å². The second-order valence-electron chi connectivity index (χ2n) is 5.36. The lowest BCUT2D eigenvalue weighted by molar-refractivity contribution is 0.0935. The number of rotatable bonds is 5. The van der Waals surface area contributed by atoms with Gasteiger partial charge in [0.2, 0.25) is 0 Å². The minimum atomic E-state index is -0.355. The first-order valence-electron chi connectivity index (χ1n) is 7.51. The maximum atomic E-state index is 12.3. The summed E-state index contributed by atoms with van der Waals surface area (Å²) in [7, 11) is 0. The average molecular weight is 312 g/mol. The Hall–Kier alpha value is -2.76. The van der Waals surface area contributed by atoms with Crippen molar-refractivity contribution in [1.29, 1.82) is 0 Å². The van der Waals surface area contributed by atoms with Crippen LogP contribution in [0.2, 0.25) is 0 Å². The molecular weight excluding hydrogens is 292 g/mol. The Balaban J connectivity index is 2.18. The lowest BCUT2D eigenvalue weighted by Gasteiger charge is -2.13. The molecule has 2 N–H and O–H groups in total. The van der Waals surface area contributed by atoms with E-state index >= 15 is 0 Å². The monoisotopic (exact) mass is 312 g/mol. The third kappa shape index (κ3) is 4.35. The first kappa shape index (κ1) is 16.6. The van der Waals surface area contributed by atoms with E-state index < -0.39 is 0 Å². The maximum absolute atomic E-state index is 12.3. The first-order valence-corrected chi connectivity index (χ1v) is 7.51. The van der Waals surface area contributed by atoms with Crippen molar-refractivity contribution in [1.82, 2.24) is 15.3 Å². The number of aromatic nitrogens is 2. The molecule has 0 saturated carbocycles. The number of nitrogens with zero attached hydrogens (tertiary/aromatic N) is 2. The van der Waals surface area contributed by atoms with Crippen molar-refractivity contribution in [3.8, 4) is 0 Å². The molecular formula is C17H20N4O2. The van der Waals surface area contributed by atoms with Crippen molar-refractivity contribution in [3.63, 3.8) is 0 Å². The van der Waals surface area contributed by atoms with E-state index in [0.29, 0.717) is 5.56 Å². The van der Waals surface area contributed by atoms with Crippen molar-refractivity contribution < 1.29 is 9.59 Å². The zero-order chi connectivity index (χ0) is 16.8. The molecule has 0 aliphatic carbocycles. The molecule has 0 aliphatic rings. The molecule has 6 nitrogen and oxygen atoms in total. The van der Waals surface area contributed by atoms with E-state index in [2.05, 4.69) is 20.6 Å². The van der Waals surface area contributed by atoms with Crippen LogP contribution in [0.25, 0.3) is 0 Å². The number of hydrogen-bond acceptors (Lipinski definition) is 4. The van der Waals surface area contributed by atoms with Gasteiger partial charge in [0.05, 0.1) is 0 Å². The number of carbonyl (C=O) groups is 2. The number of hydrogen-bond donors (Lipinski definition) is 2. The van der Waals surface area contributed by atoms with Gasteiger partial charge in [-0.1, -0.05) is 24.6 Å². The molecule has 0 fully saturated rings. The third-order valence-electron chi connectivity index (χ3n) is 3.45. The standard InChI is InChI=1S/C17H20N4O2/c1-4-12(3)20-17(23)14-15(19-10-9-18-14)21-16(22)13-7-5-11(2)6-8-13/h5-10,12H,4H2,1-3H3,(H,20,23)(H,19,21,22).